The van der Waals surface area contributed by atoms with Crippen molar-refractivity contribution in [2.24, 2.45) is 0 Å². The van der Waals surface area contributed by atoms with Crippen molar-refractivity contribution < 1.29 is 18.3 Å². The minimum atomic E-state index is -0.905. The first kappa shape index (κ1) is 17.1. The van der Waals surface area contributed by atoms with Gasteiger partial charge in [0.05, 0.1) is 0 Å². The highest BCUT2D eigenvalue weighted by atomic mass is 35.5. The smallest absolute Gasteiger partial charge is 0.259 e. The Morgan fingerprint density at radius 3 is 2.48 bits per heavy atom. The van der Waals surface area contributed by atoms with E-state index < -0.39 is 17.5 Å². The van der Waals surface area contributed by atoms with Crippen LogP contribution in [0.5, 0.6) is 17.5 Å². The maximum atomic E-state index is 14.3. The van der Waals surface area contributed by atoms with E-state index >= 15 is 0 Å². The molecule has 25 heavy (non-hydrogen) atoms. The van der Waals surface area contributed by atoms with Gasteiger partial charge in [0.15, 0.2) is 11.6 Å². The molecule has 3 rings (SSSR count). The number of ether oxygens (including phenoxy) is 2. The molecule has 128 valence electrons. The molecule has 0 N–H and O–H groups in total. The molecular weight excluding hydrogens is 350 g/mol. The number of hydrogen-bond donors (Lipinski definition) is 0. The van der Waals surface area contributed by atoms with E-state index in [-0.39, 0.29) is 29.0 Å². The number of pyridine rings is 2. The van der Waals surface area contributed by atoms with Gasteiger partial charge < -0.3 is 9.47 Å². The molecule has 4 nitrogen and oxygen atoms in total. The van der Waals surface area contributed by atoms with Crippen LogP contribution in [0.1, 0.15) is 11.1 Å². The Balaban J connectivity index is 1.87. The molecule has 0 fully saturated rings. The third-order valence-corrected chi connectivity index (χ3v) is 3.57. The molecule has 0 bridgehead atoms. The molecule has 0 spiro atoms. The van der Waals surface area contributed by atoms with Crippen molar-refractivity contribution in [3.05, 3.63) is 76.6 Å². The van der Waals surface area contributed by atoms with Crippen LogP contribution in [0.2, 0.25) is 5.15 Å². The van der Waals surface area contributed by atoms with Gasteiger partial charge in [0.2, 0.25) is 0 Å². The molecule has 0 aliphatic rings. The van der Waals surface area contributed by atoms with Crippen molar-refractivity contribution in [2.45, 2.75) is 13.5 Å². The first-order chi connectivity index (χ1) is 12.0. The molecule has 2 aromatic heterocycles. The van der Waals surface area contributed by atoms with E-state index in [0.717, 1.165) is 5.56 Å². The summed E-state index contributed by atoms with van der Waals surface area (Å²) in [6.07, 6.45) is 1.40. The standard InChI is InChI=1S/C18H13ClF2N2O2/c1-11-15(20)17(24-10-12-5-3-2-4-6-12)23-18(16(11)21)25-13-7-8-22-14(19)9-13/h2-9H,10H2,1H3. The van der Waals surface area contributed by atoms with Gasteiger partial charge in [-0.05, 0) is 18.6 Å². The number of rotatable bonds is 5. The van der Waals surface area contributed by atoms with E-state index in [1.807, 2.05) is 30.3 Å². The third-order valence-electron chi connectivity index (χ3n) is 3.37. The van der Waals surface area contributed by atoms with Gasteiger partial charge in [0.25, 0.3) is 11.8 Å². The zero-order valence-electron chi connectivity index (χ0n) is 13.2. The minimum Gasteiger partial charge on any atom is -0.471 e. The fraction of sp³-hybridized carbons (Fsp3) is 0.111. The number of benzene rings is 1. The van der Waals surface area contributed by atoms with Gasteiger partial charge in [-0.2, -0.15) is 4.98 Å². The number of hydrogen-bond acceptors (Lipinski definition) is 4. The second-order valence-electron chi connectivity index (χ2n) is 5.17. The van der Waals surface area contributed by atoms with Gasteiger partial charge in [-0.25, -0.2) is 13.8 Å². The Bertz CT molecular complexity index is 892. The molecular formula is C18H13ClF2N2O2. The summed E-state index contributed by atoms with van der Waals surface area (Å²) in [7, 11) is 0. The van der Waals surface area contributed by atoms with Crippen molar-refractivity contribution in [1.29, 1.82) is 0 Å². The van der Waals surface area contributed by atoms with Gasteiger partial charge in [-0.3, -0.25) is 0 Å². The Labute approximate surface area is 148 Å². The highest BCUT2D eigenvalue weighted by molar-refractivity contribution is 6.29. The van der Waals surface area contributed by atoms with Crippen molar-refractivity contribution in [2.75, 3.05) is 0 Å². The number of aromatic nitrogens is 2. The lowest BCUT2D eigenvalue weighted by molar-refractivity contribution is 0.268. The molecule has 0 saturated carbocycles. The van der Waals surface area contributed by atoms with E-state index in [1.54, 1.807) is 0 Å². The average molecular weight is 363 g/mol. The zero-order valence-corrected chi connectivity index (χ0v) is 13.9. The molecule has 0 saturated heterocycles. The van der Waals surface area contributed by atoms with E-state index in [2.05, 4.69) is 9.97 Å². The SMILES string of the molecule is Cc1c(F)c(OCc2ccccc2)nc(Oc2ccnc(Cl)c2)c1F. The van der Waals surface area contributed by atoms with Crippen LogP contribution < -0.4 is 9.47 Å². The van der Waals surface area contributed by atoms with E-state index in [9.17, 15) is 8.78 Å². The topological polar surface area (TPSA) is 44.2 Å². The summed E-state index contributed by atoms with van der Waals surface area (Å²) in [5.41, 5.74) is 0.585. The summed E-state index contributed by atoms with van der Waals surface area (Å²) in [4.78, 5) is 7.62. The molecule has 0 aliphatic heterocycles. The molecule has 0 radical (unpaired) electrons. The quantitative estimate of drug-likeness (QED) is 0.593. The van der Waals surface area contributed by atoms with Crippen LogP contribution in [-0.4, -0.2) is 9.97 Å². The molecule has 2 heterocycles. The summed E-state index contributed by atoms with van der Waals surface area (Å²) in [5, 5.41) is 0.178. The Morgan fingerprint density at radius 2 is 1.76 bits per heavy atom. The Kier molecular flexibility index (Phi) is 5.09. The van der Waals surface area contributed by atoms with Gasteiger partial charge in [0.1, 0.15) is 17.5 Å². The average Bonchev–Trinajstić information content (AvgIpc) is 2.62. The molecule has 1 aromatic carbocycles. The predicted octanol–water partition coefficient (Wildman–Crippen LogP) is 5.09. The van der Waals surface area contributed by atoms with Gasteiger partial charge in [-0.1, -0.05) is 41.9 Å². The maximum absolute atomic E-state index is 14.3. The Hall–Kier alpha value is -2.73. The van der Waals surface area contributed by atoms with E-state index in [1.165, 1.54) is 25.3 Å². The first-order valence-electron chi connectivity index (χ1n) is 7.36. The summed E-state index contributed by atoms with van der Waals surface area (Å²) in [6, 6.07) is 12.0. The lowest BCUT2D eigenvalue weighted by Crippen LogP contribution is -2.05. The molecule has 0 atom stereocenters. The van der Waals surface area contributed by atoms with Crippen LogP contribution in [0.15, 0.2) is 48.7 Å². The molecule has 0 amide bonds. The summed E-state index contributed by atoms with van der Waals surface area (Å²) >= 11 is 5.77. The highest BCUT2D eigenvalue weighted by Crippen LogP contribution is 2.31. The second-order valence-corrected chi connectivity index (χ2v) is 5.55. The first-order valence-corrected chi connectivity index (χ1v) is 7.74. The fourth-order valence-corrected chi connectivity index (χ4v) is 2.22. The maximum Gasteiger partial charge on any atom is 0.259 e. The van der Waals surface area contributed by atoms with E-state index in [4.69, 9.17) is 21.1 Å². The minimum absolute atomic E-state index is 0.0936. The monoisotopic (exact) mass is 362 g/mol. The fourth-order valence-electron chi connectivity index (χ4n) is 2.06. The van der Waals surface area contributed by atoms with Crippen LogP contribution in [0.3, 0.4) is 0 Å². The van der Waals surface area contributed by atoms with Crippen LogP contribution in [0, 0.1) is 18.6 Å². The van der Waals surface area contributed by atoms with Crippen molar-refractivity contribution >= 4 is 11.6 Å². The van der Waals surface area contributed by atoms with Crippen LogP contribution in [-0.2, 0) is 6.61 Å². The van der Waals surface area contributed by atoms with E-state index in [0.29, 0.717) is 0 Å². The van der Waals surface area contributed by atoms with Gasteiger partial charge >= 0.3 is 0 Å². The van der Waals surface area contributed by atoms with Crippen LogP contribution in [0.4, 0.5) is 8.78 Å². The van der Waals surface area contributed by atoms with Crippen molar-refractivity contribution in [3.63, 3.8) is 0 Å². The third kappa shape index (κ3) is 4.03. The van der Waals surface area contributed by atoms with Gasteiger partial charge in [0, 0.05) is 17.8 Å². The van der Waals surface area contributed by atoms with Gasteiger partial charge in [-0.15, -0.1) is 0 Å². The lowest BCUT2D eigenvalue weighted by atomic mass is 10.2. The molecule has 3 aromatic rings. The largest absolute Gasteiger partial charge is 0.471 e. The molecule has 0 aliphatic carbocycles. The van der Waals surface area contributed by atoms with Crippen molar-refractivity contribution in [3.8, 4) is 17.5 Å². The summed E-state index contributed by atoms with van der Waals surface area (Å²) in [6.45, 7) is 1.38. The number of halogens is 3. The second kappa shape index (κ2) is 7.44. The summed E-state index contributed by atoms with van der Waals surface area (Å²) in [5.74, 6) is -2.28. The molecule has 7 heteroatoms. The normalized spacial score (nSPS) is 10.6. The lowest BCUT2D eigenvalue weighted by Gasteiger charge is -2.12. The molecule has 0 unspecified atom stereocenters. The van der Waals surface area contributed by atoms with Crippen LogP contribution >= 0.6 is 11.6 Å². The Morgan fingerprint density at radius 1 is 1.04 bits per heavy atom. The highest BCUT2D eigenvalue weighted by Gasteiger charge is 2.20. The zero-order chi connectivity index (χ0) is 17.8. The summed E-state index contributed by atoms with van der Waals surface area (Å²) < 4.78 is 39.2. The van der Waals surface area contributed by atoms with Crippen LogP contribution in [0.25, 0.3) is 0 Å². The predicted molar refractivity (Wildman–Crippen MR) is 89.0 cm³/mol. The van der Waals surface area contributed by atoms with Crippen molar-refractivity contribution in [1.82, 2.24) is 9.97 Å². The number of nitrogens with zero attached hydrogens (tertiary/aromatic N) is 2.